The van der Waals surface area contributed by atoms with Crippen molar-refractivity contribution in [2.24, 2.45) is 11.8 Å². The maximum absolute atomic E-state index is 3.52. The molecule has 0 bridgehead atoms. The summed E-state index contributed by atoms with van der Waals surface area (Å²) in [6.07, 6.45) is 8.38. The van der Waals surface area contributed by atoms with Crippen LogP contribution in [0.3, 0.4) is 0 Å². The van der Waals surface area contributed by atoms with E-state index in [0.717, 1.165) is 11.8 Å². The summed E-state index contributed by atoms with van der Waals surface area (Å²) in [5.74, 6) is 1.77. The number of nitrogens with zero attached hydrogens (tertiary/aromatic N) is 1. The second kappa shape index (κ2) is 9.80. The lowest BCUT2D eigenvalue weighted by atomic mass is 10.1. The Morgan fingerprint density at radius 3 is 2.61 bits per heavy atom. The van der Waals surface area contributed by atoms with E-state index in [1.165, 1.54) is 71.2 Å². The van der Waals surface area contributed by atoms with Crippen LogP contribution >= 0.6 is 0 Å². The van der Waals surface area contributed by atoms with Crippen LogP contribution in [0.25, 0.3) is 0 Å². The highest BCUT2D eigenvalue weighted by Crippen LogP contribution is 2.19. The first-order valence-electron chi connectivity index (χ1n) is 8.15. The molecule has 0 spiro atoms. The summed E-state index contributed by atoms with van der Waals surface area (Å²) in [6.45, 7) is 13.3. The first-order chi connectivity index (χ1) is 8.72. The minimum atomic E-state index is 0.784. The van der Waals surface area contributed by atoms with Crippen molar-refractivity contribution in [2.45, 2.75) is 59.3 Å². The number of rotatable bonds is 10. The smallest absolute Gasteiger partial charge is 0.00100 e. The Morgan fingerprint density at radius 1 is 1.17 bits per heavy atom. The van der Waals surface area contributed by atoms with Gasteiger partial charge in [0.25, 0.3) is 0 Å². The van der Waals surface area contributed by atoms with Gasteiger partial charge >= 0.3 is 0 Å². The average molecular weight is 254 g/mol. The van der Waals surface area contributed by atoms with E-state index in [9.17, 15) is 0 Å². The molecule has 2 nitrogen and oxygen atoms in total. The van der Waals surface area contributed by atoms with Crippen LogP contribution in [0, 0.1) is 11.8 Å². The van der Waals surface area contributed by atoms with E-state index in [-0.39, 0.29) is 0 Å². The highest BCUT2D eigenvalue weighted by atomic mass is 15.1. The molecule has 0 aromatic heterocycles. The molecule has 2 heteroatoms. The number of unbranched alkanes of at least 4 members (excludes halogenated alkanes) is 3. The predicted molar refractivity (Wildman–Crippen MR) is 81.0 cm³/mol. The lowest BCUT2D eigenvalue weighted by Crippen LogP contribution is -2.22. The third-order valence-electron chi connectivity index (χ3n) is 4.08. The Kier molecular flexibility index (Phi) is 8.70. The van der Waals surface area contributed by atoms with E-state index in [1.807, 2.05) is 0 Å². The Hall–Kier alpha value is -0.0800. The molecule has 0 radical (unpaired) electrons. The Morgan fingerprint density at radius 2 is 1.94 bits per heavy atom. The summed E-state index contributed by atoms with van der Waals surface area (Å²) in [6, 6.07) is 0. The van der Waals surface area contributed by atoms with E-state index in [4.69, 9.17) is 0 Å². The van der Waals surface area contributed by atoms with Crippen molar-refractivity contribution in [3.05, 3.63) is 0 Å². The molecule has 1 N–H and O–H groups in total. The van der Waals surface area contributed by atoms with Gasteiger partial charge in [-0.15, -0.1) is 0 Å². The summed E-state index contributed by atoms with van der Waals surface area (Å²) in [5, 5.41) is 3.52. The van der Waals surface area contributed by atoms with Gasteiger partial charge in [0.15, 0.2) is 0 Å². The van der Waals surface area contributed by atoms with Crippen molar-refractivity contribution in [3.8, 4) is 0 Å². The molecule has 0 aromatic rings. The molecule has 1 fully saturated rings. The van der Waals surface area contributed by atoms with Crippen LogP contribution in [0.1, 0.15) is 59.3 Å². The molecule has 0 saturated carbocycles. The van der Waals surface area contributed by atoms with E-state index in [0.29, 0.717) is 0 Å². The summed E-state index contributed by atoms with van der Waals surface area (Å²) < 4.78 is 0. The average Bonchev–Trinajstić information content (AvgIpc) is 2.80. The van der Waals surface area contributed by atoms with Gasteiger partial charge in [0, 0.05) is 6.54 Å². The van der Waals surface area contributed by atoms with Gasteiger partial charge in [-0.3, -0.25) is 0 Å². The van der Waals surface area contributed by atoms with E-state index in [1.54, 1.807) is 0 Å². The van der Waals surface area contributed by atoms with E-state index < -0.39 is 0 Å². The van der Waals surface area contributed by atoms with Crippen molar-refractivity contribution >= 4 is 0 Å². The molecule has 18 heavy (non-hydrogen) atoms. The standard InChI is InChI=1S/C16H34N2/c1-4-16-9-12-18(14-16)11-8-6-5-7-10-17-13-15(2)3/h15-17H,4-14H2,1-3H3. The zero-order chi connectivity index (χ0) is 13.2. The zero-order valence-electron chi connectivity index (χ0n) is 12.9. The van der Waals surface area contributed by atoms with Crippen LogP contribution in [-0.2, 0) is 0 Å². The molecule has 0 aliphatic carbocycles. The van der Waals surface area contributed by atoms with Gasteiger partial charge in [-0.25, -0.2) is 0 Å². The maximum Gasteiger partial charge on any atom is 0.00100 e. The second-order valence-corrected chi connectivity index (χ2v) is 6.38. The molecule has 0 aromatic carbocycles. The predicted octanol–water partition coefficient (Wildman–Crippen LogP) is 3.52. The van der Waals surface area contributed by atoms with Crippen LogP contribution in [0.5, 0.6) is 0 Å². The van der Waals surface area contributed by atoms with Crippen molar-refractivity contribution < 1.29 is 0 Å². The van der Waals surface area contributed by atoms with Crippen LogP contribution < -0.4 is 5.32 Å². The fraction of sp³-hybridized carbons (Fsp3) is 1.00. The summed E-state index contributed by atoms with van der Waals surface area (Å²) in [7, 11) is 0. The molecular weight excluding hydrogens is 220 g/mol. The molecule has 1 aliphatic heterocycles. The van der Waals surface area contributed by atoms with E-state index in [2.05, 4.69) is 31.0 Å². The normalized spacial score (nSPS) is 21.0. The van der Waals surface area contributed by atoms with Crippen molar-refractivity contribution in [1.82, 2.24) is 10.2 Å². The maximum atomic E-state index is 3.52. The molecule has 1 atom stereocenters. The first kappa shape index (κ1) is 16.0. The largest absolute Gasteiger partial charge is 0.316 e. The third kappa shape index (κ3) is 7.38. The third-order valence-corrected chi connectivity index (χ3v) is 4.08. The SMILES string of the molecule is CCC1CCN(CCCCCCNCC(C)C)C1. The number of likely N-dealkylation sites (tertiary alicyclic amines) is 1. The number of nitrogens with one attached hydrogen (secondary N) is 1. The van der Waals surface area contributed by atoms with Crippen LogP contribution in [0.15, 0.2) is 0 Å². The van der Waals surface area contributed by atoms with Crippen molar-refractivity contribution in [1.29, 1.82) is 0 Å². The molecule has 0 amide bonds. The molecule has 1 unspecified atom stereocenters. The van der Waals surface area contributed by atoms with Gasteiger partial charge < -0.3 is 10.2 Å². The highest BCUT2D eigenvalue weighted by molar-refractivity contribution is 4.74. The van der Waals surface area contributed by atoms with E-state index >= 15 is 0 Å². The van der Waals surface area contributed by atoms with Crippen molar-refractivity contribution in [3.63, 3.8) is 0 Å². The highest BCUT2D eigenvalue weighted by Gasteiger charge is 2.19. The monoisotopic (exact) mass is 254 g/mol. The molecule has 1 heterocycles. The zero-order valence-corrected chi connectivity index (χ0v) is 12.9. The molecule has 1 rings (SSSR count). The number of hydrogen-bond donors (Lipinski definition) is 1. The molecular formula is C16H34N2. The Balaban J connectivity index is 1.82. The first-order valence-corrected chi connectivity index (χ1v) is 8.15. The fourth-order valence-electron chi connectivity index (χ4n) is 2.78. The lowest BCUT2D eigenvalue weighted by Gasteiger charge is -2.15. The topological polar surface area (TPSA) is 15.3 Å². The van der Waals surface area contributed by atoms with Gasteiger partial charge in [0.2, 0.25) is 0 Å². The van der Waals surface area contributed by atoms with Crippen LogP contribution in [-0.4, -0.2) is 37.6 Å². The van der Waals surface area contributed by atoms with Gasteiger partial charge in [-0.05, 0) is 57.3 Å². The van der Waals surface area contributed by atoms with Crippen LogP contribution in [0.2, 0.25) is 0 Å². The second-order valence-electron chi connectivity index (χ2n) is 6.38. The quantitative estimate of drug-likeness (QED) is 0.600. The van der Waals surface area contributed by atoms with Gasteiger partial charge in [0.1, 0.15) is 0 Å². The van der Waals surface area contributed by atoms with Gasteiger partial charge in [-0.2, -0.15) is 0 Å². The van der Waals surface area contributed by atoms with Gasteiger partial charge in [0.05, 0.1) is 0 Å². The molecule has 108 valence electrons. The number of hydrogen-bond acceptors (Lipinski definition) is 2. The molecule has 1 aliphatic rings. The Labute approximate surface area is 115 Å². The van der Waals surface area contributed by atoms with Gasteiger partial charge in [-0.1, -0.05) is 40.0 Å². The van der Waals surface area contributed by atoms with Crippen molar-refractivity contribution in [2.75, 3.05) is 32.7 Å². The summed E-state index contributed by atoms with van der Waals surface area (Å²) >= 11 is 0. The van der Waals surface area contributed by atoms with Crippen LogP contribution in [0.4, 0.5) is 0 Å². The Bertz CT molecular complexity index is 192. The lowest BCUT2D eigenvalue weighted by molar-refractivity contribution is 0.313. The fourth-order valence-corrected chi connectivity index (χ4v) is 2.78. The summed E-state index contributed by atoms with van der Waals surface area (Å²) in [4.78, 5) is 2.67. The molecule has 1 saturated heterocycles. The summed E-state index contributed by atoms with van der Waals surface area (Å²) in [5.41, 5.74) is 0. The minimum absolute atomic E-state index is 0.784. The minimum Gasteiger partial charge on any atom is -0.316 e.